The van der Waals surface area contributed by atoms with Crippen LogP contribution in [0.2, 0.25) is 10.3 Å². The van der Waals surface area contributed by atoms with E-state index in [0.29, 0.717) is 48.1 Å². The lowest BCUT2D eigenvalue weighted by molar-refractivity contribution is 0.0240. The lowest BCUT2D eigenvalue weighted by Crippen LogP contribution is -2.50. The predicted octanol–water partition coefficient (Wildman–Crippen LogP) is 4.78. The fraction of sp³-hybridized carbons (Fsp3) is 0.409. The number of nitrogens with zero attached hydrogens (tertiary/aromatic N) is 5. The maximum atomic E-state index is 12.4. The maximum Gasteiger partial charge on any atom is 0.410 e. The molecule has 2 aromatic heterocycles. The summed E-state index contributed by atoms with van der Waals surface area (Å²) in [5, 5.41) is 15.8. The fourth-order valence-electron chi connectivity index (χ4n) is 3.81. The molecule has 1 aliphatic heterocycles. The Hall–Kier alpha value is -2.91. The number of aryl methyl sites for hydroxylation is 1. The molecule has 1 amide bonds. The summed E-state index contributed by atoms with van der Waals surface area (Å²) in [6.07, 6.45) is 2.99. The second kappa shape index (κ2) is 8.79. The average molecular weight is 493 g/mol. The molecule has 0 radical (unpaired) electrons. The lowest BCUT2D eigenvalue weighted by Gasteiger charge is -2.37. The van der Waals surface area contributed by atoms with Crippen LogP contribution >= 0.6 is 23.2 Å². The van der Waals surface area contributed by atoms with E-state index in [-0.39, 0.29) is 17.3 Å². The monoisotopic (exact) mass is 492 g/mol. The highest BCUT2D eigenvalue weighted by Gasteiger charge is 2.27. The highest BCUT2D eigenvalue weighted by molar-refractivity contribution is 6.33. The van der Waals surface area contributed by atoms with Gasteiger partial charge in [0.15, 0.2) is 5.82 Å². The van der Waals surface area contributed by atoms with Crippen molar-refractivity contribution in [2.45, 2.75) is 26.4 Å². The molecule has 1 fully saturated rings. The third-order valence-electron chi connectivity index (χ3n) is 5.34. The Labute approximate surface area is 201 Å². The third-order valence-corrected chi connectivity index (χ3v) is 5.80. The van der Waals surface area contributed by atoms with Gasteiger partial charge in [-0.3, -0.25) is 0 Å². The highest BCUT2D eigenvalue weighted by atomic mass is 35.5. The molecule has 0 bridgehead atoms. The molecule has 33 heavy (non-hydrogen) atoms. The average Bonchev–Trinajstić information content (AvgIpc) is 3.05. The first kappa shape index (κ1) is 23.3. The molecule has 3 aromatic rings. The number of aromatic hydroxyl groups is 1. The van der Waals surface area contributed by atoms with Gasteiger partial charge in [-0.15, -0.1) is 0 Å². The number of carbonyl (C=O) groups excluding carboxylic acids is 1. The number of fused-ring (bicyclic) bond motifs is 1. The molecule has 11 heteroatoms. The topological polar surface area (TPSA) is 95.8 Å². The third kappa shape index (κ3) is 4.89. The van der Waals surface area contributed by atoms with Crippen molar-refractivity contribution in [1.82, 2.24) is 19.4 Å². The summed E-state index contributed by atoms with van der Waals surface area (Å²) in [7, 11) is 1.78. The minimum Gasteiger partial charge on any atom is -0.494 e. The molecule has 176 valence electrons. The highest BCUT2D eigenvalue weighted by Crippen LogP contribution is 2.41. The number of rotatable bonds is 3. The molecular weight excluding hydrogens is 467 g/mol. The van der Waals surface area contributed by atoms with Gasteiger partial charge in [0.2, 0.25) is 11.2 Å². The first-order valence-electron chi connectivity index (χ1n) is 10.5. The summed E-state index contributed by atoms with van der Waals surface area (Å²) in [4.78, 5) is 24.3. The Morgan fingerprint density at radius 2 is 1.88 bits per heavy atom. The first-order chi connectivity index (χ1) is 15.5. The van der Waals surface area contributed by atoms with Crippen molar-refractivity contribution < 1.29 is 14.6 Å². The van der Waals surface area contributed by atoms with Gasteiger partial charge in [-0.25, -0.2) is 9.78 Å². The van der Waals surface area contributed by atoms with Crippen LogP contribution in [0.3, 0.4) is 0 Å². The molecule has 0 atom stereocenters. The molecular formula is C22H26Cl2N6O3. The zero-order chi connectivity index (χ0) is 23.9. The van der Waals surface area contributed by atoms with Crippen molar-refractivity contribution in [3.8, 4) is 5.88 Å². The van der Waals surface area contributed by atoms with Crippen LogP contribution in [0.15, 0.2) is 24.5 Å². The van der Waals surface area contributed by atoms with Gasteiger partial charge in [0.1, 0.15) is 10.6 Å². The van der Waals surface area contributed by atoms with E-state index in [1.54, 1.807) is 16.5 Å². The van der Waals surface area contributed by atoms with Crippen LogP contribution in [0.1, 0.15) is 20.8 Å². The number of carbonyl (C=O) groups is 1. The van der Waals surface area contributed by atoms with E-state index in [2.05, 4.69) is 20.2 Å². The number of hydrogen-bond donors (Lipinski definition) is 2. The minimum absolute atomic E-state index is 0.0647. The van der Waals surface area contributed by atoms with Gasteiger partial charge >= 0.3 is 6.09 Å². The maximum absolute atomic E-state index is 12.4. The summed E-state index contributed by atoms with van der Waals surface area (Å²) >= 11 is 12.1. The fourth-order valence-corrected chi connectivity index (χ4v) is 4.08. The van der Waals surface area contributed by atoms with Crippen LogP contribution in [-0.2, 0) is 11.8 Å². The number of hydrogen-bond acceptors (Lipinski definition) is 7. The molecule has 0 unspecified atom stereocenters. The number of ether oxygens (including phenoxy) is 1. The van der Waals surface area contributed by atoms with Gasteiger partial charge in [0.05, 0.1) is 17.3 Å². The summed E-state index contributed by atoms with van der Waals surface area (Å²) in [6, 6.07) is 3.84. The van der Waals surface area contributed by atoms with Gasteiger partial charge in [0.25, 0.3) is 0 Å². The minimum atomic E-state index is -0.526. The Morgan fingerprint density at radius 1 is 1.18 bits per heavy atom. The van der Waals surface area contributed by atoms with Crippen molar-refractivity contribution in [2.75, 3.05) is 36.4 Å². The van der Waals surface area contributed by atoms with Crippen molar-refractivity contribution >= 4 is 57.3 Å². The van der Waals surface area contributed by atoms with Crippen LogP contribution in [0, 0.1) is 0 Å². The summed E-state index contributed by atoms with van der Waals surface area (Å²) in [5.41, 5.74) is 1.07. The summed E-state index contributed by atoms with van der Waals surface area (Å²) in [5.74, 6) is 0.456. The number of benzene rings is 1. The van der Waals surface area contributed by atoms with Gasteiger partial charge in [-0.05, 0) is 44.5 Å². The number of halogens is 2. The van der Waals surface area contributed by atoms with E-state index in [1.807, 2.05) is 39.1 Å². The SMILES string of the molecule is Cn1cc2c(N3CCN(C(=O)OC(C)(C)C)CC3)ccc(Nc3nc(Cl)ncc3Cl)c2c1O. The first-order valence-corrected chi connectivity index (χ1v) is 11.3. The van der Waals surface area contributed by atoms with Gasteiger partial charge in [-0.2, -0.15) is 4.98 Å². The molecule has 9 nitrogen and oxygen atoms in total. The van der Waals surface area contributed by atoms with Crippen molar-refractivity contribution in [3.05, 3.63) is 34.8 Å². The second-order valence-corrected chi connectivity index (χ2v) is 9.64. The Bertz CT molecular complexity index is 1200. The number of amides is 1. The van der Waals surface area contributed by atoms with Gasteiger partial charge in [-0.1, -0.05) is 11.6 Å². The van der Waals surface area contributed by atoms with E-state index in [4.69, 9.17) is 27.9 Å². The van der Waals surface area contributed by atoms with Crippen LogP contribution < -0.4 is 10.2 Å². The smallest absolute Gasteiger partial charge is 0.410 e. The van der Waals surface area contributed by atoms with Crippen LogP contribution in [0.25, 0.3) is 10.8 Å². The second-order valence-electron chi connectivity index (χ2n) is 8.90. The predicted molar refractivity (Wildman–Crippen MR) is 130 cm³/mol. The Balaban J connectivity index is 1.60. The van der Waals surface area contributed by atoms with E-state index >= 15 is 0 Å². The summed E-state index contributed by atoms with van der Waals surface area (Å²) in [6.45, 7) is 7.96. The molecule has 0 spiro atoms. The molecule has 0 saturated carbocycles. The molecule has 0 aliphatic carbocycles. The molecule has 1 saturated heterocycles. The zero-order valence-electron chi connectivity index (χ0n) is 18.9. The Kier molecular flexibility index (Phi) is 6.20. The van der Waals surface area contributed by atoms with E-state index in [0.717, 1.165) is 11.1 Å². The van der Waals surface area contributed by atoms with Crippen molar-refractivity contribution in [2.24, 2.45) is 7.05 Å². The number of aromatic nitrogens is 3. The molecule has 4 rings (SSSR count). The van der Waals surface area contributed by atoms with Gasteiger partial charge < -0.3 is 29.5 Å². The van der Waals surface area contributed by atoms with E-state index < -0.39 is 5.60 Å². The quantitative estimate of drug-likeness (QED) is 0.507. The molecule has 1 aliphatic rings. The van der Waals surface area contributed by atoms with Crippen LogP contribution in [0.4, 0.5) is 22.0 Å². The van der Waals surface area contributed by atoms with Crippen molar-refractivity contribution in [1.29, 1.82) is 0 Å². The Morgan fingerprint density at radius 3 is 2.55 bits per heavy atom. The number of anilines is 3. The molecule has 3 heterocycles. The van der Waals surface area contributed by atoms with Crippen molar-refractivity contribution in [3.63, 3.8) is 0 Å². The van der Waals surface area contributed by atoms with Crippen LogP contribution in [0.5, 0.6) is 5.88 Å². The standard InChI is InChI=1S/C22H26Cl2N6O3/c1-22(2,3)33-21(32)30-9-7-29(8-10-30)16-6-5-15(17-13(16)12-28(4)19(17)31)26-18-14(23)11-25-20(24)27-18/h5-6,11-12,31H,7-10H2,1-4H3,(H,25,26,27). The summed E-state index contributed by atoms with van der Waals surface area (Å²) < 4.78 is 7.15. The number of piperazine rings is 1. The molecule has 1 aromatic carbocycles. The van der Waals surface area contributed by atoms with E-state index in [9.17, 15) is 9.90 Å². The zero-order valence-corrected chi connectivity index (χ0v) is 20.4. The largest absolute Gasteiger partial charge is 0.494 e. The van der Waals surface area contributed by atoms with Gasteiger partial charge in [0, 0.05) is 50.5 Å². The van der Waals surface area contributed by atoms with Crippen LogP contribution in [-0.4, -0.2) is 62.4 Å². The van der Waals surface area contributed by atoms with E-state index in [1.165, 1.54) is 6.20 Å². The lowest BCUT2D eigenvalue weighted by atomic mass is 10.1. The normalized spacial score (nSPS) is 14.6. The molecule has 2 N–H and O–H groups in total. The number of nitrogens with one attached hydrogen (secondary N) is 1.